The largest absolute Gasteiger partial charge is 0.454 e. The van der Waals surface area contributed by atoms with E-state index in [9.17, 15) is 18.8 Å². The Kier molecular flexibility index (Phi) is 5.49. The summed E-state index contributed by atoms with van der Waals surface area (Å²) in [5, 5.41) is 0. The van der Waals surface area contributed by atoms with Crippen LogP contribution in [0.4, 0.5) is 10.1 Å². The van der Waals surface area contributed by atoms with E-state index in [4.69, 9.17) is 9.47 Å². The molecule has 5 rings (SSSR count). The summed E-state index contributed by atoms with van der Waals surface area (Å²) in [7, 11) is 0. The molecule has 3 amide bonds. The summed E-state index contributed by atoms with van der Waals surface area (Å²) < 4.78 is 25.3. The first-order chi connectivity index (χ1) is 16.4. The zero-order valence-electron chi connectivity index (χ0n) is 18.4. The summed E-state index contributed by atoms with van der Waals surface area (Å²) in [5.41, 5.74) is 1.91. The number of imide groups is 1. The SMILES string of the molecule is Cc1ccc(N2C(=O)CC(N(Cc3ccc4c(c3)OCO4)C(=O)c3ccccc3F)C2=O)cc1. The van der Waals surface area contributed by atoms with E-state index >= 15 is 0 Å². The van der Waals surface area contributed by atoms with Crippen LogP contribution in [0.2, 0.25) is 0 Å². The zero-order chi connectivity index (χ0) is 23.8. The average molecular weight is 460 g/mol. The van der Waals surface area contributed by atoms with Crippen LogP contribution < -0.4 is 14.4 Å². The average Bonchev–Trinajstić information content (AvgIpc) is 3.41. The number of benzene rings is 3. The number of nitrogens with zero attached hydrogens (tertiary/aromatic N) is 2. The van der Waals surface area contributed by atoms with Crippen LogP contribution in [0, 0.1) is 12.7 Å². The van der Waals surface area contributed by atoms with Crippen LogP contribution in [0.1, 0.15) is 27.9 Å². The van der Waals surface area contributed by atoms with E-state index in [-0.39, 0.29) is 25.3 Å². The molecule has 0 radical (unpaired) electrons. The fraction of sp³-hybridized carbons (Fsp3) is 0.192. The zero-order valence-corrected chi connectivity index (χ0v) is 18.4. The molecule has 0 bridgehead atoms. The second-order valence-electron chi connectivity index (χ2n) is 8.22. The fourth-order valence-corrected chi connectivity index (χ4v) is 4.17. The van der Waals surface area contributed by atoms with Crippen LogP contribution in [0.25, 0.3) is 0 Å². The Balaban J connectivity index is 1.50. The van der Waals surface area contributed by atoms with Gasteiger partial charge in [-0.15, -0.1) is 0 Å². The van der Waals surface area contributed by atoms with Crippen molar-refractivity contribution in [3.8, 4) is 11.5 Å². The maximum atomic E-state index is 14.5. The van der Waals surface area contributed by atoms with Crippen molar-refractivity contribution in [3.05, 3.63) is 89.2 Å². The van der Waals surface area contributed by atoms with E-state index < -0.39 is 29.6 Å². The molecule has 0 aliphatic carbocycles. The summed E-state index contributed by atoms with van der Waals surface area (Å²) >= 11 is 0. The quantitative estimate of drug-likeness (QED) is 0.541. The molecule has 0 aromatic heterocycles. The van der Waals surface area contributed by atoms with Crippen molar-refractivity contribution in [2.75, 3.05) is 11.7 Å². The van der Waals surface area contributed by atoms with Crippen molar-refractivity contribution in [1.29, 1.82) is 0 Å². The number of carbonyl (C=O) groups excluding carboxylic acids is 3. The second-order valence-corrected chi connectivity index (χ2v) is 8.22. The number of aryl methyl sites for hydroxylation is 1. The number of hydrogen-bond donors (Lipinski definition) is 0. The molecule has 2 aliphatic rings. The van der Waals surface area contributed by atoms with Crippen molar-refractivity contribution >= 4 is 23.4 Å². The topological polar surface area (TPSA) is 76.2 Å². The van der Waals surface area contributed by atoms with Gasteiger partial charge < -0.3 is 14.4 Å². The first kappa shape index (κ1) is 21.6. The van der Waals surface area contributed by atoms with Crippen LogP contribution in [0.3, 0.4) is 0 Å². The number of hydrogen-bond acceptors (Lipinski definition) is 5. The maximum Gasteiger partial charge on any atom is 0.257 e. The Bertz CT molecular complexity index is 1290. The smallest absolute Gasteiger partial charge is 0.257 e. The minimum absolute atomic E-state index is 0.0186. The van der Waals surface area contributed by atoms with Crippen molar-refractivity contribution in [3.63, 3.8) is 0 Å². The van der Waals surface area contributed by atoms with Crippen LogP contribution >= 0.6 is 0 Å². The third-order valence-corrected chi connectivity index (χ3v) is 5.95. The molecule has 0 N–H and O–H groups in total. The van der Waals surface area contributed by atoms with E-state index in [2.05, 4.69) is 0 Å². The van der Waals surface area contributed by atoms with Gasteiger partial charge in [0.15, 0.2) is 11.5 Å². The molecular weight excluding hydrogens is 439 g/mol. The van der Waals surface area contributed by atoms with E-state index in [1.807, 2.05) is 6.92 Å². The molecule has 8 heteroatoms. The molecule has 1 unspecified atom stereocenters. The van der Waals surface area contributed by atoms with Gasteiger partial charge in [0.1, 0.15) is 11.9 Å². The fourth-order valence-electron chi connectivity index (χ4n) is 4.17. The maximum absolute atomic E-state index is 14.5. The molecule has 2 heterocycles. The van der Waals surface area contributed by atoms with Crippen molar-refractivity contribution in [2.45, 2.75) is 25.9 Å². The van der Waals surface area contributed by atoms with Crippen molar-refractivity contribution < 1.29 is 28.2 Å². The number of fused-ring (bicyclic) bond motifs is 1. The van der Waals surface area contributed by atoms with Crippen LogP contribution in [-0.2, 0) is 16.1 Å². The summed E-state index contributed by atoms with van der Waals surface area (Å²) in [6.07, 6.45) is -0.197. The van der Waals surface area contributed by atoms with Crippen molar-refractivity contribution in [2.24, 2.45) is 0 Å². The van der Waals surface area contributed by atoms with Crippen LogP contribution in [0.15, 0.2) is 66.7 Å². The number of rotatable bonds is 5. The van der Waals surface area contributed by atoms with Gasteiger partial charge >= 0.3 is 0 Å². The van der Waals surface area contributed by atoms with Crippen LogP contribution in [0.5, 0.6) is 11.5 Å². The molecule has 0 saturated carbocycles. The van der Waals surface area contributed by atoms with Gasteiger partial charge in [-0.1, -0.05) is 35.9 Å². The molecule has 172 valence electrons. The summed E-state index contributed by atoms with van der Waals surface area (Å²) in [6.45, 7) is 1.98. The molecule has 2 aliphatic heterocycles. The highest BCUT2D eigenvalue weighted by molar-refractivity contribution is 6.23. The Morgan fingerprint density at radius 2 is 1.76 bits per heavy atom. The van der Waals surface area contributed by atoms with Gasteiger partial charge in [0.05, 0.1) is 17.7 Å². The highest BCUT2D eigenvalue weighted by Crippen LogP contribution is 2.34. The molecule has 1 fully saturated rings. The first-order valence-electron chi connectivity index (χ1n) is 10.8. The summed E-state index contributed by atoms with van der Waals surface area (Å²) in [5.74, 6) is -1.22. The van der Waals surface area contributed by atoms with Crippen molar-refractivity contribution in [1.82, 2.24) is 4.90 Å². The molecule has 1 atom stereocenters. The van der Waals surface area contributed by atoms with E-state index in [1.165, 1.54) is 23.1 Å². The Hall–Kier alpha value is -4.20. The number of amides is 3. The molecule has 1 saturated heterocycles. The van der Waals surface area contributed by atoms with Gasteiger partial charge in [0.2, 0.25) is 12.7 Å². The molecule has 3 aromatic rings. The minimum Gasteiger partial charge on any atom is -0.454 e. The highest BCUT2D eigenvalue weighted by atomic mass is 19.1. The van der Waals surface area contributed by atoms with E-state index in [0.29, 0.717) is 22.7 Å². The second kappa shape index (κ2) is 8.62. The lowest BCUT2D eigenvalue weighted by molar-refractivity contribution is -0.122. The normalized spacial score (nSPS) is 16.8. The van der Waals surface area contributed by atoms with E-state index in [0.717, 1.165) is 10.5 Å². The number of anilines is 1. The lowest BCUT2D eigenvalue weighted by atomic mass is 10.1. The monoisotopic (exact) mass is 460 g/mol. The number of ether oxygens (including phenoxy) is 2. The number of halogens is 1. The Morgan fingerprint density at radius 1 is 1.03 bits per heavy atom. The summed E-state index contributed by atoms with van der Waals surface area (Å²) in [6, 6.07) is 16.7. The van der Waals surface area contributed by atoms with Gasteiger partial charge in [0.25, 0.3) is 11.8 Å². The molecule has 3 aromatic carbocycles. The molecule has 7 nitrogen and oxygen atoms in total. The van der Waals surface area contributed by atoms with Gasteiger partial charge in [-0.25, -0.2) is 9.29 Å². The standard InChI is InChI=1S/C26H21FN2O5/c1-16-6-9-18(10-7-16)29-24(30)13-21(26(29)32)28(25(31)19-4-2-3-5-20(19)27)14-17-8-11-22-23(12-17)34-15-33-22/h2-12,21H,13-15H2,1H3. The first-order valence-corrected chi connectivity index (χ1v) is 10.8. The lowest BCUT2D eigenvalue weighted by Gasteiger charge is -2.28. The molecule has 0 spiro atoms. The number of carbonyl (C=O) groups is 3. The molecule has 34 heavy (non-hydrogen) atoms. The van der Waals surface area contributed by atoms with Gasteiger partial charge in [0, 0.05) is 6.54 Å². The van der Waals surface area contributed by atoms with Gasteiger partial charge in [-0.2, -0.15) is 0 Å². The summed E-state index contributed by atoms with van der Waals surface area (Å²) in [4.78, 5) is 42.1. The van der Waals surface area contributed by atoms with Crippen LogP contribution in [-0.4, -0.2) is 35.5 Å². The van der Waals surface area contributed by atoms with Gasteiger partial charge in [-0.3, -0.25) is 14.4 Å². The predicted octanol–water partition coefficient (Wildman–Crippen LogP) is 3.84. The third-order valence-electron chi connectivity index (χ3n) is 5.95. The predicted molar refractivity (Wildman–Crippen MR) is 121 cm³/mol. The van der Waals surface area contributed by atoms with Gasteiger partial charge in [-0.05, 0) is 48.9 Å². The third kappa shape index (κ3) is 3.87. The highest BCUT2D eigenvalue weighted by Gasteiger charge is 2.45. The minimum atomic E-state index is -1.08. The Morgan fingerprint density at radius 3 is 2.53 bits per heavy atom. The van der Waals surface area contributed by atoms with E-state index in [1.54, 1.807) is 48.5 Å². The molecular formula is C26H21FN2O5. The Labute approximate surface area is 195 Å². The lowest BCUT2D eigenvalue weighted by Crippen LogP contribution is -2.45.